The molecule has 2 aromatic carbocycles. The molecular weight excluding hydrogens is 397 g/mol. The molecule has 0 saturated carbocycles. The summed E-state index contributed by atoms with van der Waals surface area (Å²) in [5.41, 5.74) is -4.76. The van der Waals surface area contributed by atoms with Crippen molar-refractivity contribution in [2.24, 2.45) is 5.84 Å². The van der Waals surface area contributed by atoms with Crippen LogP contribution in [0.1, 0.15) is 17.2 Å². The first kappa shape index (κ1) is 19.0. The Kier molecular flexibility index (Phi) is 4.51. The summed E-state index contributed by atoms with van der Waals surface area (Å²) < 4.78 is 87.9. The normalized spacial score (nSPS) is 18.4. The van der Waals surface area contributed by atoms with Gasteiger partial charge in [0, 0.05) is 0 Å². The Bertz CT molecular complexity index is 1060. The molecule has 0 aromatic heterocycles. The Morgan fingerprint density at radius 1 is 1.08 bits per heavy atom. The van der Waals surface area contributed by atoms with Gasteiger partial charge in [-0.3, -0.25) is 0 Å². The molecule has 2 N–H and O–H groups in total. The molecule has 1 saturated heterocycles. The summed E-state index contributed by atoms with van der Waals surface area (Å²) in [6.07, 6.45) is 0.0397. The third kappa shape index (κ3) is 3.55. The highest BCUT2D eigenvalue weighted by Crippen LogP contribution is 2.32. The van der Waals surface area contributed by atoms with E-state index in [2.05, 4.69) is 0 Å². The van der Waals surface area contributed by atoms with Gasteiger partial charge in [0.25, 0.3) is 0 Å². The molecule has 3 rings (SSSR count). The van der Waals surface area contributed by atoms with Crippen LogP contribution < -0.4 is 5.84 Å². The van der Waals surface area contributed by atoms with Crippen LogP contribution in [0.2, 0.25) is 0 Å². The first-order valence-corrected chi connectivity index (χ1v) is 10.2. The Morgan fingerprint density at radius 3 is 2.23 bits per heavy atom. The number of rotatable bonds is 5. The molecule has 0 aliphatic carbocycles. The minimum absolute atomic E-state index is 0.0397. The number of halogens is 3. The Balaban J connectivity index is 1.88. The molecule has 0 bridgehead atoms. The topological polar surface area (TPSA) is 110 Å². The zero-order valence-electron chi connectivity index (χ0n) is 13.0. The third-order valence-electron chi connectivity index (χ3n) is 3.79. The van der Waals surface area contributed by atoms with Crippen LogP contribution in [-0.4, -0.2) is 32.8 Å². The number of hydrazine groups is 1. The van der Waals surface area contributed by atoms with Gasteiger partial charge in [0.1, 0.15) is 6.10 Å². The fourth-order valence-corrected chi connectivity index (χ4v) is 4.91. The molecule has 1 heterocycles. The maximum absolute atomic E-state index is 12.5. The van der Waals surface area contributed by atoms with Crippen LogP contribution in [-0.2, 0) is 30.5 Å². The minimum Gasteiger partial charge on any atom is -0.368 e. The Labute approximate surface area is 147 Å². The van der Waals surface area contributed by atoms with Crippen molar-refractivity contribution in [1.29, 1.82) is 0 Å². The average Bonchev–Trinajstić information content (AvgIpc) is 3.37. The zero-order valence-corrected chi connectivity index (χ0v) is 14.6. The second-order valence-corrected chi connectivity index (χ2v) is 9.58. The smallest absolute Gasteiger partial charge is 0.368 e. The first-order valence-electron chi connectivity index (χ1n) is 7.15. The van der Waals surface area contributed by atoms with Gasteiger partial charge in [-0.25, -0.2) is 22.7 Å². The highest BCUT2D eigenvalue weighted by molar-refractivity contribution is 8.03. The van der Waals surface area contributed by atoms with E-state index in [4.69, 9.17) is 10.6 Å². The summed E-state index contributed by atoms with van der Waals surface area (Å²) in [4.78, 5) is 0. The number of ether oxygens (including phenoxy) is 1. The van der Waals surface area contributed by atoms with Gasteiger partial charge in [-0.15, -0.1) is 0 Å². The molecule has 12 heteroatoms. The quantitative estimate of drug-likeness (QED) is 0.457. The maximum atomic E-state index is 12.5. The van der Waals surface area contributed by atoms with Gasteiger partial charge in [0.15, 0.2) is 0 Å². The van der Waals surface area contributed by atoms with Gasteiger partial charge in [0.05, 0.1) is 12.4 Å². The summed E-state index contributed by atoms with van der Waals surface area (Å²) in [5.74, 6) is 3.76. The lowest BCUT2D eigenvalue weighted by molar-refractivity contribution is -0.0469. The summed E-state index contributed by atoms with van der Waals surface area (Å²) in [7, 11) is -11.1. The van der Waals surface area contributed by atoms with E-state index in [1.54, 1.807) is 18.2 Å². The number of sulfonamides is 2. The van der Waals surface area contributed by atoms with E-state index in [0.717, 1.165) is 10.9 Å². The number of nitrogens with zero attached hydrogens (tertiary/aromatic N) is 1. The molecule has 26 heavy (non-hydrogen) atoms. The molecule has 2 aromatic rings. The van der Waals surface area contributed by atoms with E-state index < -0.39 is 35.1 Å². The number of fused-ring (bicyclic) bond motifs is 1. The molecule has 0 radical (unpaired) electrons. The van der Waals surface area contributed by atoms with Crippen LogP contribution in [0.15, 0.2) is 36.4 Å². The van der Waals surface area contributed by atoms with Crippen molar-refractivity contribution in [1.82, 2.24) is 3.82 Å². The van der Waals surface area contributed by atoms with E-state index in [1.807, 2.05) is 6.07 Å². The second kappa shape index (κ2) is 6.16. The van der Waals surface area contributed by atoms with Crippen molar-refractivity contribution in [2.45, 2.75) is 17.4 Å². The van der Waals surface area contributed by atoms with Gasteiger partial charge < -0.3 is 4.74 Å². The number of nitrogens with two attached hydrogens (primary N) is 1. The first-order chi connectivity index (χ1) is 11.9. The van der Waals surface area contributed by atoms with Crippen LogP contribution in [0.4, 0.5) is 13.2 Å². The number of benzene rings is 2. The number of epoxide rings is 1. The number of alkyl halides is 3. The van der Waals surface area contributed by atoms with E-state index >= 15 is 0 Å². The Hall–Kier alpha value is -1.73. The van der Waals surface area contributed by atoms with Gasteiger partial charge in [-0.05, 0) is 31.8 Å². The molecule has 1 aliphatic heterocycles. The molecule has 1 aliphatic rings. The lowest BCUT2D eigenvalue weighted by atomic mass is 10.0. The SMILES string of the molecule is NN(S(=O)(=O)Cc1ccc2cc(C3CO3)ccc2c1)S(=O)(=O)C(F)(F)F. The fraction of sp³-hybridized carbons (Fsp3) is 0.286. The van der Waals surface area contributed by atoms with Crippen LogP contribution in [0.25, 0.3) is 10.8 Å². The van der Waals surface area contributed by atoms with Crippen molar-refractivity contribution >= 4 is 30.8 Å². The lowest BCUT2D eigenvalue weighted by Gasteiger charge is -2.18. The highest BCUT2D eigenvalue weighted by Gasteiger charge is 2.53. The minimum atomic E-state index is -6.20. The van der Waals surface area contributed by atoms with E-state index in [1.165, 1.54) is 12.1 Å². The molecule has 1 unspecified atom stereocenters. The summed E-state index contributed by atoms with van der Waals surface area (Å²) in [6.45, 7) is 0.627. The molecule has 0 amide bonds. The largest absolute Gasteiger partial charge is 0.513 e. The van der Waals surface area contributed by atoms with E-state index in [9.17, 15) is 30.0 Å². The van der Waals surface area contributed by atoms with Crippen molar-refractivity contribution in [3.8, 4) is 0 Å². The monoisotopic (exact) mass is 410 g/mol. The molecule has 1 atom stereocenters. The van der Waals surface area contributed by atoms with Crippen molar-refractivity contribution in [3.63, 3.8) is 0 Å². The van der Waals surface area contributed by atoms with E-state index in [-0.39, 0.29) is 11.7 Å². The van der Waals surface area contributed by atoms with Gasteiger partial charge in [-0.2, -0.15) is 13.2 Å². The molecular formula is C14H13F3N2O5S2. The fourth-order valence-electron chi connectivity index (χ4n) is 2.37. The molecule has 1 fully saturated rings. The second-order valence-electron chi connectivity index (χ2n) is 5.70. The van der Waals surface area contributed by atoms with Crippen LogP contribution in [0.5, 0.6) is 0 Å². The van der Waals surface area contributed by atoms with Crippen molar-refractivity contribution < 1.29 is 34.7 Å². The zero-order chi connectivity index (χ0) is 19.3. The maximum Gasteiger partial charge on any atom is 0.513 e. The van der Waals surface area contributed by atoms with E-state index in [0.29, 0.717) is 12.0 Å². The molecule has 142 valence electrons. The summed E-state index contributed by atoms with van der Waals surface area (Å²) >= 11 is 0. The Morgan fingerprint density at radius 2 is 1.65 bits per heavy atom. The molecule has 0 spiro atoms. The van der Waals surface area contributed by atoms with Crippen LogP contribution in [0.3, 0.4) is 0 Å². The summed E-state index contributed by atoms with van der Waals surface area (Å²) in [6, 6.07) is 9.78. The number of hydrogen-bond donors (Lipinski definition) is 1. The predicted molar refractivity (Wildman–Crippen MR) is 86.3 cm³/mol. The third-order valence-corrected chi connectivity index (χ3v) is 7.36. The van der Waals surface area contributed by atoms with Crippen molar-refractivity contribution in [2.75, 3.05) is 6.61 Å². The van der Waals surface area contributed by atoms with Gasteiger partial charge in [0.2, 0.25) is 10.0 Å². The predicted octanol–water partition coefficient (Wildman–Crippen LogP) is 1.77. The average molecular weight is 410 g/mol. The molecule has 7 nitrogen and oxygen atoms in total. The summed E-state index contributed by atoms with van der Waals surface area (Å²) in [5, 5.41) is 1.43. The highest BCUT2D eigenvalue weighted by atomic mass is 32.3. The van der Waals surface area contributed by atoms with Gasteiger partial charge in [-0.1, -0.05) is 30.3 Å². The number of hydrogen-bond acceptors (Lipinski definition) is 6. The lowest BCUT2D eigenvalue weighted by Crippen LogP contribution is -2.48. The van der Waals surface area contributed by atoms with Crippen LogP contribution in [0, 0.1) is 0 Å². The van der Waals surface area contributed by atoms with Gasteiger partial charge >= 0.3 is 15.5 Å². The van der Waals surface area contributed by atoms with Crippen LogP contribution >= 0.6 is 0 Å². The van der Waals surface area contributed by atoms with Crippen molar-refractivity contribution in [3.05, 3.63) is 47.5 Å². The standard InChI is InChI=1S/C14H13F3N2O5S2/c15-14(16,17)26(22,23)19(18)25(20,21)8-9-1-2-11-6-12(13-7-24-13)4-3-10(11)5-9/h1-6,13H,7-8,18H2.